The van der Waals surface area contributed by atoms with Gasteiger partial charge in [0, 0.05) is 23.7 Å². The molecule has 4 heteroatoms. The first-order valence-electron chi connectivity index (χ1n) is 5.83. The molecule has 17 heavy (non-hydrogen) atoms. The highest BCUT2D eigenvalue weighted by atomic mass is 35.5. The first-order valence-corrected chi connectivity index (χ1v) is 6.21. The first-order chi connectivity index (χ1) is 8.19. The van der Waals surface area contributed by atoms with Gasteiger partial charge in [0.15, 0.2) is 6.79 Å². The van der Waals surface area contributed by atoms with Crippen LogP contribution in [-0.4, -0.2) is 20.4 Å². The molecular weight excluding hydrogens is 238 g/mol. The second-order valence-electron chi connectivity index (χ2n) is 3.91. The van der Waals surface area contributed by atoms with E-state index in [0.29, 0.717) is 0 Å². The Hall–Kier alpha value is -0.770. The molecule has 1 unspecified atom stereocenters. The van der Waals surface area contributed by atoms with Crippen molar-refractivity contribution in [2.45, 2.75) is 26.3 Å². The Bertz CT molecular complexity index is 344. The summed E-state index contributed by atoms with van der Waals surface area (Å²) < 4.78 is 10.4. The van der Waals surface area contributed by atoms with Crippen molar-refractivity contribution < 1.29 is 9.47 Å². The van der Waals surface area contributed by atoms with E-state index in [0.717, 1.165) is 29.3 Å². The van der Waals surface area contributed by atoms with Crippen molar-refractivity contribution in [2.75, 3.05) is 20.4 Å². The molecule has 1 N–H and O–H groups in total. The molecule has 0 saturated heterocycles. The van der Waals surface area contributed by atoms with Crippen molar-refractivity contribution in [1.82, 2.24) is 5.32 Å². The van der Waals surface area contributed by atoms with Gasteiger partial charge >= 0.3 is 0 Å². The normalized spacial score (nSPS) is 12.5. The van der Waals surface area contributed by atoms with E-state index in [1.54, 1.807) is 7.11 Å². The van der Waals surface area contributed by atoms with E-state index in [2.05, 4.69) is 19.2 Å². The van der Waals surface area contributed by atoms with Gasteiger partial charge in [-0.15, -0.1) is 0 Å². The molecule has 0 aliphatic rings. The van der Waals surface area contributed by atoms with Crippen molar-refractivity contribution in [1.29, 1.82) is 0 Å². The number of halogens is 1. The van der Waals surface area contributed by atoms with Gasteiger partial charge < -0.3 is 14.8 Å². The van der Waals surface area contributed by atoms with Crippen LogP contribution in [0.4, 0.5) is 0 Å². The second kappa shape index (κ2) is 7.54. The summed E-state index contributed by atoms with van der Waals surface area (Å²) in [6, 6.07) is 5.84. The third-order valence-electron chi connectivity index (χ3n) is 2.47. The van der Waals surface area contributed by atoms with Crippen LogP contribution < -0.4 is 10.1 Å². The zero-order chi connectivity index (χ0) is 12.7. The molecular formula is C13H20ClNO2. The maximum atomic E-state index is 6.01. The Morgan fingerprint density at radius 2 is 2.18 bits per heavy atom. The van der Waals surface area contributed by atoms with E-state index >= 15 is 0 Å². The Morgan fingerprint density at radius 3 is 2.82 bits per heavy atom. The zero-order valence-corrected chi connectivity index (χ0v) is 11.4. The van der Waals surface area contributed by atoms with Crippen LogP contribution >= 0.6 is 11.6 Å². The van der Waals surface area contributed by atoms with E-state index in [9.17, 15) is 0 Å². The van der Waals surface area contributed by atoms with Crippen molar-refractivity contribution in [2.24, 2.45) is 0 Å². The van der Waals surface area contributed by atoms with Crippen LogP contribution in [0.1, 0.15) is 31.9 Å². The van der Waals surface area contributed by atoms with Gasteiger partial charge in [-0.2, -0.15) is 0 Å². The molecule has 0 amide bonds. The monoisotopic (exact) mass is 257 g/mol. The van der Waals surface area contributed by atoms with Gasteiger partial charge in [0.1, 0.15) is 5.75 Å². The molecule has 0 bridgehead atoms. The molecule has 0 aliphatic heterocycles. The van der Waals surface area contributed by atoms with Crippen molar-refractivity contribution >= 4 is 11.6 Å². The van der Waals surface area contributed by atoms with Gasteiger partial charge in [-0.3, -0.25) is 0 Å². The average Bonchev–Trinajstić information content (AvgIpc) is 2.34. The van der Waals surface area contributed by atoms with Gasteiger partial charge in [0.2, 0.25) is 0 Å². The molecule has 1 atom stereocenters. The number of ether oxygens (including phenoxy) is 2. The summed E-state index contributed by atoms with van der Waals surface area (Å²) in [4.78, 5) is 0. The summed E-state index contributed by atoms with van der Waals surface area (Å²) in [5, 5.41) is 4.13. The Kier molecular flexibility index (Phi) is 6.34. The van der Waals surface area contributed by atoms with E-state index in [1.807, 2.05) is 18.2 Å². The number of nitrogens with one attached hydrogen (secondary N) is 1. The van der Waals surface area contributed by atoms with Crippen molar-refractivity contribution in [3.63, 3.8) is 0 Å². The molecule has 1 aromatic carbocycles. The number of hydrogen-bond donors (Lipinski definition) is 1. The summed E-state index contributed by atoms with van der Waals surface area (Å²) in [6.07, 6.45) is 1.10. The highest BCUT2D eigenvalue weighted by Gasteiger charge is 2.11. The molecule has 3 nitrogen and oxygen atoms in total. The molecule has 0 spiro atoms. The highest BCUT2D eigenvalue weighted by molar-refractivity contribution is 6.30. The Balaban J connectivity index is 2.81. The van der Waals surface area contributed by atoms with Crippen LogP contribution in [0.3, 0.4) is 0 Å². The van der Waals surface area contributed by atoms with Crippen LogP contribution in [0.2, 0.25) is 5.02 Å². The van der Waals surface area contributed by atoms with Gasteiger partial charge in [-0.1, -0.05) is 18.5 Å². The second-order valence-corrected chi connectivity index (χ2v) is 4.35. The molecule has 0 heterocycles. The zero-order valence-electron chi connectivity index (χ0n) is 10.6. The number of methoxy groups -OCH3 is 1. The minimum absolute atomic E-state index is 0.209. The lowest BCUT2D eigenvalue weighted by atomic mass is 10.1. The number of benzene rings is 1. The molecule has 0 radical (unpaired) electrons. The minimum Gasteiger partial charge on any atom is -0.467 e. The Morgan fingerprint density at radius 1 is 1.41 bits per heavy atom. The predicted molar refractivity (Wildman–Crippen MR) is 70.7 cm³/mol. The van der Waals surface area contributed by atoms with Crippen molar-refractivity contribution in [3.05, 3.63) is 28.8 Å². The number of hydrogen-bond acceptors (Lipinski definition) is 3. The molecule has 0 aromatic heterocycles. The van der Waals surface area contributed by atoms with E-state index in [4.69, 9.17) is 21.1 Å². The average molecular weight is 258 g/mol. The fraction of sp³-hybridized carbons (Fsp3) is 0.538. The number of rotatable bonds is 7. The molecule has 96 valence electrons. The standard InChI is InChI=1S/C13H20ClNO2/c1-4-7-15-10(2)12-8-11(14)5-6-13(12)17-9-16-3/h5-6,8,10,15H,4,7,9H2,1-3H3. The lowest BCUT2D eigenvalue weighted by Gasteiger charge is -2.18. The third kappa shape index (κ3) is 4.54. The van der Waals surface area contributed by atoms with Crippen molar-refractivity contribution in [3.8, 4) is 5.75 Å². The summed E-state index contributed by atoms with van der Waals surface area (Å²) in [5.74, 6) is 0.812. The molecule has 0 aliphatic carbocycles. The lowest BCUT2D eigenvalue weighted by molar-refractivity contribution is 0.0501. The Labute approximate surface area is 108 Å². The molecule has 1 aromatic rings. The van der Waals surface area contributed by atoms with E-state index in [1.165, 1.54) is 0 Å². The SMILES string of the molecule is CCCNC(C)c1cc(Cl)ccc1OCOC. The van der Waals surface area contributed by atoms with Gasteiger partial charge in [0.05, 0.1) is 0 Å². The summed E-state index contributed by atoms with van der Waals surface area (Å²) in [5.41, 5.74) is 1.06. The van der Waals surface area contributed by atoms with E-state index < -0.39 is 0 Å². The fourth-order valence-electron chi connectivity index (χ4n) is 1.58. The topological polar surface area (TPSA) is 30.5 Å². The first kappa shape index (κ1) is 14.3. The molecule has 0 saturated carbocycles. The fourth-order valence-corrected chi connectivity index (χ4v) is 1.76. The molecule has 0 fully saturated rings. The maximum Gasteiger partial charge on any atom is 0.188 e. The minimum atomic E-state index is 0.209. The van der Waals surface area contributed by atoms with Gasteiger partial charge in [-0.25, -0.2) is 0 Å². The van der Waals surface area contributed by atoms with Crippen LogP contribution in [0, 0.1) is 0 Å². The van der Waals surface area contributed by atoms with Gasteiger partial charge in [-0.05, 0) is 38.1 Å². The quantitative estimate of drug-likeness (QED) is 0.760. The van der Waals surface area contributed by atoms with Crippen LogP contribution in [0.5, 0.6) is 5.75 Å². The lowest BCUT2D eigenvalue weighted by Crippen LogP contribution is -2.20. The van der Waals surface area contributed by atoms with Crippen LogP contribution in [-0.2, 0) is 4.74 Å². The van der Waals surface area contributed by atoms with Gasteiger partial charge in [0.25, 0.3) is 0 Å². The van der Waals surface area contributed by atoms with Crippen LogP contribution in [0.25, 0.3) is 0 Å². The summed E-state index contributed by atoms with van der Waals surface area (Å²) in [7, 11) is 1.61. The third-order valence-corrected chi connectivity index (χ3v) is 2.71. The smallest absolute Gasteiger partial charge is 0.188 e. The summed E-state index contributed by atoms with van der Waals surface area (Å²) in [6.45, 7) is 5.45. The predicted octanol–water partition coefficient (Wildman–Crippen LogP) is 3.38. The van der Waals surface area contributed by atoms with E-state index in [-0.39, 0.29) is 12.8 Å². The van der Waals surface area contributed by atoms with Crippen LogP contribution in [0.15, 0.2) is 18.2 Å². The molecule has 1 rings (SSSR count). The largest absolute Gasteiger partial charge is 0.467 e. The maximum absolute atomic E-state index is 6.01. The highest BCUT2D eigenvalue weighted by Crippen LogP contribution is 2.28. The summed E-state index contributed by atoms with van der Waals surface area (Å²) >= 11 is 6.01.